The van der Waals surface area contributed by atoms with Crippen molar-refractivity contribution in [3.8, 4) is 5.75 Å². The summed E-state index contributed by atoms with van der Waals surface area (Å²) >= 11 is 19.7. The molecule has 0 aromatic heterocycles. The first kappa shape index (κ1) is 32.0. The molecule has 1 aliphatic rings. The van der Waals surface area contributed by atoms with Crippen LogP contribution in [-0.4, -0.2) is 42.7 Å². The van der Waals surface area contributed by atoms with Gasteiger partial charge in [-0.2, -0.15) is 0 Å². The Bertz CT molecular complexity index is 1510. The van der Waals surface area contributed by atoms with Gasteiger partial charge in [-0.05, 0) is 65.4 Å². The van der Waals surface area contributed by atoms with Crippen LogP contribution in [-0.2, 0) is 10.2 Å². The van der Waals surface area contributed by atoms with Crippen LogP contribution >= 0.6 is 34.8 Å². The molecule has 224 valence electrons. The maximum Gasteiger partial charge on any atom is 0.335 e. The summed E-state index contributed by atoms with van der Waals surface area (Å²) in [5.74, 6) is -2.76. The minimum absolute atomic E-state index is 0.00347. The largest absolute Gasteiger partial charge is 0.495 e. The van der Waals surface area contributed by atoms with Gasteiger partial charge in [-0.25, -0.2) is 9.18 Å². The fourth-order valence-electron chi connectivity index (χ4n) is 6.00. The summed E-state index contributed by atoms with van der Waals surface area (Å²) in [6.45, 7) is 6.10. The van der Waals surface area contributed by atoms with Crippen LogP contribution in [0.5, 0.6) is 5.75 Å². The Labute approximate surface area is 259 Å². The molecule has 0 saturated carbocycles. The van der Waals surface area contributed by atoms with Gasteiger partial charge in [-0.1, -0.05) is 67.7 Å². The molecule has 1 amide bonds. The monoisotopic (exact) mass is 635 g/mol. The maximum absolute atomic E-state index is 15.8. The van der Waals surface area contributed by atoms with Crippen molar-refractivity contribution in [2.75, 3.05) is 19.0 Å². The third kappa shape index (κ3) is 6.10. The highest BCUT2D eigenvalue weighted by Crippen LogP contribution is 2.53. The van der Waals surface area contributed by atoms with E-state index >= 15 is 4.39 Å². The lowest BCUT2D eigenvalue weighted by Gasteiger charge is -2.42. The predicted octanol–water partition coefficient (Wildman–Crippen LogP) is 6.89. The second-order valence-electron chi connectivity index (χ2n) is 11.7. The average molecular weight is 637 g/mol. The number of nitrogens with one attached hydrogen (secondary N) is 2. The third-order valence-electron chi connectivity index (χ3n) is 7.78. The first-order valence-electron chi connectivity index (χ1n) is 13.3. The number of carboxylic acids is 1. The smallest absolute Gasteiger partial charge is 0.335 e. The molecule has 4 rings (SSSR count). The van der Waals surface area contributed by atoms with E-state index in [4.69, 9.17) is 45.3 Å². The Morgan fingerprint density at radius 2 is 1.83 bits per heavy atom. The summed E-state index contributed by atoms with van der Waals surface area (Å²) in [7, 11) is 1.37. The van der Waals surface area contributed by atoms with Gasteiger partial charge in [0.05, 0.1) is 34.4 Å². The number of benzene rings is 3. The van der Waals surface area contributed by atoms with Crippen LogP contribution in [0.25, 0.3) is 0 Å². The Morgan fingerprint density at radius 3 is 2.45 bits per heavy atom. The lowest BCUT2D eigenvalue weighted by Crippen LogP contribution is -2.50. The number of methoxy groups -OCH3 is 1. The fraction of sp³-hybridized carbons (Fsp3) is 0.355. The van der Waals surface area contributed by atoms with Crippen LogP contribution in [0.3, 0.4) is 0 Å². The van der Waals surface area contributed by atoms with E-state index < -0.39 is 41.1 Å². The van der Waals surface area contributed by atoms with Crippen molar-refractivity contribution in [3.63, 3.8) is 0 Å². The fourth-order valence-corrected chi connectivity index (χ4v) is 6.60. The molecule has 0 bridgehead atoms. The van der Waals surface area contributed by atoms with Crippen LogP contribution in [0.1, 0.15) is 54.6 Å². The van der Waals surface area contributed by atoms with Crippen LogP contribution in [0.15, 0.2) is 54.6 Å². The molecular formula is C31H33Cl3FN3O4. The van der Waals surface area contributed by atoms with E-state index in [-0.39, 0.29) is 44.6 Å². The summed E-state index contributed by atoms with van der Waals surface area (Å²) in [4.78, 5) is 25.7. The minimum Gasteiger partial charge on any atom is -0.495 e. The number of amides is 1. The molecule has 4 atom stereocenters. The number of anilines is 1. The standard InChI is InChI=1S/C31H33Cl3FN3O4/c1-30(2,3)14-24-31(15-36,19-13-17(32)9-10-21(19)35)25(18-6-5-7-20(33)26(18)34)27(38-24)28(39)37-22-11-8-16(29(40)41)12-23(22)42-4/h5-13,24-25,27,38H,14-15,36H2,1-4H3,(H,37,39)(H,40,41)/t24-,25-,27+,31-/m0/s1. The molecule has 7 nitrogen and oxygen atoms in total. The zero-order valence-corrected chi connectivity index (χ0v) is 25.9. The van der Waals surface area contributed by atoms with Crippen molar-refractivity contribution in [2.45, 2.75) is 50.6 Å². The number of hydrogen-bond acceptors (Lipinski definition) is 5. The van der Waals surface area contributed by atoms with Crippen LogP contribution in [0, 0.1) is 11.2 Å². The Kier molecular flexibility index (Phi) is 9.45. The van der Waals surface area contributed by atoms with Gasteiger partial charge in [0, 0.05) is 28.9 Å². The molecule has 1 saturated heterocycles. The van der Waals surface area contributed by atoms with E-state index in [1.165, 1.54) is 37.4 Å². The van der Waals surface area contributed by atoms with Gasteiger partial charge in [0.1, 0.15) is 11.6 Å². The van der Waals surface area contributed by atoms with E-state index in [2.05, 4.69) is 10.6 Å². The zero-order valence-electron chi connectivity index (χ0n) is 23.6. The summed E-state index contributed by atoms with van der Waals surface area (Å²) in [5, 5.41) is 16.6. The highest BCUT2D eigenvalue weighted by molar-refractivity contribution is 6.42. The summed E-state index contributed by atoms with van der Waals surface area (Å²) < 4.78 is 21.2. The van der Waals surface area contributed by atoms with Gasteiger partial charge in [0.15, 0.2) is 0 Å². The SMILES string of the molecule is COc1cc(C(=O)O)ccc1NC(=O)[C@@H]1N[C@@H](CC(C)(C)C)[C@](CN)(c2cc(Cl)ccc2F)[C@H]1c1cccc(Cl)c1Cl. The molecule has 5 N–H and O–H groups in total. The van der Waals surface area contributed by atoms with Crippen molar-refractivity contribution in [1.29, 1.82) is 0 Å². The minimum atomic E-state index is -1.18. The highest BCUT2D eigenvalue weighted by Gasteiger charge is 2.59. The molecule has 1 fully saturated rings. The molecule has 0 aliphatic carbocycles. The average Bonchev–Trinajstić information content (AvgIpc) is 3.24. The summed E-state index contributed by atoms with van der Waals surface area (Å²) in [6.07, 6.45) is 0.519. The van der Waals surface area contributed by atoms with E-state index in [1.807, 2.05) is 20.8 Å². The van der Waals surface area contributed by atoms with Gasteiger partial charge in [-0.3, -0.25) is 4.79 Å². The molecule has 11 heteroatoms. The molecule has 1 heterocycles. The van der Waals surface area contributed by atoms with Crippen LogP contribution in [0.4, 0.5) is 10.1 Å². The van der Waals surface area contributed by atoms with Gasteiger partial charge in [0.2, 0.25) is 5.91 Å². The van der Waals surface area contributed by atoms with E-state index in [9.17, 15) is 14.7 Å². The summed E-state index contributed by atoms with van der Waals surface area (Å²) in [6, 6.07) is 12.1. The molecule has 0 unspecified atom stereocenters. The Hall–Kier alpha value is -2.88. The van der Waals surface area contributed by atoms with Crippen molar-refractivity contribution in [1.82, 2.24) is 5.32 Å². The van der Waals surface area contributed by atoms with E-state index in [1.54, 1.807) is 24.3 Å². The Morgan fingerprint density at radius 1 is 1.12 bits per heavy atom. The Balaban J connectivity index is 1.94. The molecular weight excluding hydrogens is 604 g/mol. The summed E-state index contributed by atoms with van der Waals surface area (Å²) in [5.41, 5.74) is 6.22. The van der Waals surface area contributed by atoms with Crippen molar-refractivity contribution < 1.29 is 23.8 Å². The maximum atomic E-state index is 15.8. The quantitative estimate of drug-likeness (QED) is 0.214. The molecule has 3 aromatic rings. The number of ether oxygens (including phenoxy) is 1. The van der Waals surface area contributed by atoms with Crippen molar-refractivity contribution >= 4 is 52.4 Å². The predicted molar refractivity (Wildman–Crippen MR) is 165 cm³/mol. The van der Waals surface area contributed by atoms with Crippen molar-refractivity contribution in [3.05, 3.63) is 92.2 Å². The number of aromatic carboxylic acids is 1. The molecule has 0 spiro atoms. The molecule has 1 aliphatic heterocycles. The topological polar surface area (TPSA) is 114 Å². The molecule has 3 aromatic carbocycles. The molecule has 0 radical (unpaired) electrons. The number of halogens is 4. The number of hydrogen-bond donors (Lipinski definition) is 4. The number of carbonyl (C=O) groups excluding carboxylic acids is 1. The van der Waals surface area contributed by atoms with Gasteiger partial charge < -0.3 is 26.2 Å². The zero-order chi connectivity index (χ0) is 31.0. The van der Waals surface area contributed by atoms with Gasteiger partial charge in [0.25, 0.3) is 0 Å². The highest BCUT2D eigenvalue weighted by atomic mass is 35.5. The second kappa shape index (κ2) is 12.4. The van der Waals surface area contributed by atoms with Crippen molar-refractivity contribution in [2.24, 2.45) is 11.1 Å². The second-order valence-corrected chi connectivity index (χ2v) is 12.9. The molecule has 42 heavy (non-hydrogen) atoms. The normalized spacial score (nSPS) is 22.2. The van der Waals surface area contributed by atoms with Gasteiger partial charge >= 0.3 is 5.97 Å². The lowest BCUT2D eigenvalue weighted by molar-refractivity contribution is -0.118. The third-order valence-corrected chi connectivity index (χ3v) is 8.85. The number of nitrogens with two attached hydrogens (primary N) is 1. The van der Waals surface area contributed by atoms with Gasteiger partial charge in [-0.15, -0.1) is 0 Å². The number of carboxylic acid groups (broad SMARTS) is 1. The number of carbonyl (C=O) groups is 2. The van der Waals surface area contributed by atoms with E-state index in [0.717, 1.165) is 0 Å². The lowest BCUT2D eigenvalue weighted by atomic mass is 9.62. The first-order chi connectivity index (χ1) is 19.7. The van der Waals surface area contributed by atoms with Crippen LogP contribution < -0.4 is 21.1 Å². The van der Waals surface area contributed by atoms with Crippen LogP contribution in [0.2, 0.25) is 15.1 Å². The van der Waals surface area contributed by atoms with E-state index in [0.29, 0.717) is 17.0 Å². The number of rotatable bonds is 8. The first-order valence-corrected chi connectivity index (χ1v) is 14.4.